The molecule has 246 valence electrons. The lowest BCUT2D eigenvalue weighted by atomic mass is 9.87. The van der Waals surface area contributed by atoms with E-state index in [0.29, 0.717) is 11.8 Å². The summed E-state index contributed by atoms with van der Waals surface area (Å²) < 4.78 is 4.75. The van der Waals surface area contributed by atoms with Gasteiger partial charge in [-0.05, 0) is 79.6 Å². The quantitative estimate of drug-likeness (QED) is 0.186. The van der Waals surface area contributed by atoms with E-state index in [1.54, 1.807) is 0 Å². The van der Waals surface area contributed by atoms with Crippen molar-refractivity contribution in [2.75, 3.05) is 0 Å². The van der Waals surface area contributed by atoms with Crippen molar-refractivity contribution in [2.45, 2.75) is 76.0 Å². The standard InChI is InChI=1S/C45H41N5/c1-4-13-30(14-5-1)43-46-44(31-15-6-2-7-16-31)48-45(47-43)34-17-12-20-36(27-34)50-40-22-11-10-21-37(40)38-24-23-32-29-41-33(28-39(32)42(38)50)25-26-49(41)35-18-8-3-9-19-35/h3,8-12,17-31H,1-2,4-7,13-16H2. The van der Waals surface area contributed by atoms with Crippen LogP contribution < -0.4 is 0 Å². The van der Waals surface area contributed by atoms with E-state index in [1.807, 2.05) is 0 Å². The van der Waals surface area contributed by atoms with Crippen LogP contribution in [0.15, 0.2) is 115 Å². The van der Waals surface area contributed by atoms with Gasteiger partial charge in [0.05, 0.1) is 16.6 Å². The average molecular weight is 652 g/mol. The van der Waals surface area contributed by atoms with Crippen LogP contribution in [0.5, 0.6) is 0 Å². The van der Waals surface area contributed by atoms with Gasteiger partial charge in [0.15, 0.2) is 5.82 Å². The van der Waals surface area contributed by atoms with E-state index in [-0.39, 0.29) is 0 Å². The zero-order chi connectivity index (χ0) is 33.0. The van der Waals surface area contributed by atoms with Crippen LogP contribution in [0, 0.1) is 0 Å². The maximum atomic E-state index is 5.25. The van der Waals surface area contributed by atoms with Gasteiger partial charge in [0.25, 0.3) is 0 Å². The predicted octanol–water partition coefficient (Wildman–Crippen LogP) is 11.8. The van der Waals surface area contributed by atoms with E-state index < -0.39 is 0 Å². The molecule has 2 saturated carbocycles. The molecule has 8 aromatic rings. The first-order valence-electron chi connectivity index (χ1n) is 18.7. The van der Waals surface area contributed by atoms with Crippen molar-refractivity contribution in [3.63, 3.8) is 0 Å². The molecule has 5 heteroatoms. The number of hydrogen-bond acceptors (Lipinski definition) is 3. The third-order valence-corrected chi connectivity index (χ3v) is 11.5. The van der Waals surface area contributed by atoms with Gasteiger partial charge in [-0.2, -0.15) is 0 Å². The van der Waals surface area contributed by atoms with E-state index in [9.17, 15) is 0 Å². The first-order chi connectivity index (χ1) is 24.8. The molecular weight excluding hydrogens is 611 g/mol. The highest BCUT2D eigenvalue weighted by Crippen LogP contribution is 2.40. The summed E-state index contributed by atoms with van der Waals surface area (Å²) in [5.41, 5.74) is 7.01. The molecule has 2 aliphatic carbocycles. The monoisotopic (exact) mass is 651 g/mol. The molecule has 0 atom stereocenters. The summed E-state index contributed by atoms with van der Waals surface area (Å²) in [4.78, 5) is 15.7. The molecule has 0 aliphatic heterocycles. The van der Waals surface area contributed by atoms with Gasteiger partial charge in [0.1, 0.15) is 11.6 Å². The molecule has 0 N–H and O–H groups in total. The molecule has 0 saturated heterocycles. The van der Waals surface area contributed by atoms with E-state index in [4.69, 9.17) is 15.0 Å². The fourth-order valence-electron chi connectivity index (χ4n) is 8.90. The van der Waals surface area contributed by atoms with Crippen molar-refractivity contribution in [1.29, 1.82) is 0 Å². The summed E-state index contributed by atoms with van der Waals surface area (Å²) in [5.74, 6) is 3.75. The van der Waals surface area contributed by atoms with Gasteiger partial charge in [-0.15, -0.1) is 0 Å². The second-order valence-corrected chi connectivity index (χ2v) is 14.6. The fraction of sp³-hybridized carbons (Fsp3) is 0.267. The van der Waals surface area contributed by atoms with Crippen LogP contribution in [0.3, 0.4) is 0 Å². The van der Waals surface area contributed by atoms with Crippen LogP contribution >= 0.6 is 0 Å². The molecule has 0 bridgehead atoms. The second-order valence-electron chi connectivity index (χ2n) is 14.6. The van der Waals surface area contributed by atoms with Crippen LogP contribution in [0.25, 0.3) is 66.2 Å². The molecule has 10 rings (SSSR count). The summed E-state index contributed by atoms with van der Waals surface area (Å²) in [5, 5.41) is 6.24. The van der Waals surface area contributed by atoms with Crippen LogP contribution in [-0.4, -0.2) is 24.1 Å². The minimum atomic E-state index is 0.438. The van der Waals surface area contributed by atoms with Crippen molar-refractivity contribution < 1.29 is 0 Å². The molecular formula is C45H41N5. The summed E-state index contributed by atoms with van der Waals surface area (Å²) in [6, 6.07) is 39.9. The van der Waals surface area contributed by atoms with Crippen molar-refractivity contribution in [2.24, 2.45) is 0 Å². The summed E-state index contributed by atoms with van der Waals surface area (Å²) in [6.07, 6.45) is 14.6. The largest absolute Gasteiger partial charge is 0.317 e. The molecule has 50 heavy (non-hydrogen) atoms. The average Bonchev–Trinajstić information content (AvgIpc) is 3.77. The Morgan fingerprint density at radius 1 is 0.480 bits per heavy atom. The molecule has 0 radical (unpaired) electrons. The van der Waals surface area contributed by atoms with Crippen LogP contribution in [0.4, 0.5) is 0 Å². The van der Waals surface area contributed by atoms with Gasteiger partial charge in [0.2, 0.25) is 0 Å². The Kier molecular flexibility index (Phi) is 7.25. The smallest absolute Gasteiger partial charge is 0.163 e. The Labute approximate surface area is 292 Å². The number of rotatable bonds is 5. The topological polar surface area (TPSA) is 48.5 Å². The maximum Gasteiger partial charge on any atom is 0.163 e. The second kappa shape index (κ2) is 12.2. The van der Waals surface area contributed by atoms with Gasteiger partial charge in [-0.1, -0.05) is 99.2 Å². The first kappa shape index (κ1) is 29.6. The molecule has 0 amide bonds. The molecule has 2 aliphatic rings. The minimum absolute atomic E-state index is 0.438. The molecule has 5 nitrogen and oxygen atoms in total. The number of benzene rings is 5. The van der Waals surface area contributed by atoms with Crippen molar-refractivity contribution in [3.8, 4) is 22.8 Å². The highest BCUT2D eigenvalue weighted by Gasteiger charge is 2.25. The lowest BCUT2D eigenvalue weighted by Crippen LogP contribution is -2.16. The zero-order valence-electron chi connectivity index (χ0n) is 28.4. The zero-order valence-corrected chi connectivity index (χ0v) is 28.4. The van der Waals surface area contributed by atoms with Crippen LogP contribution in [-0.2, 0) is 0 Å². The minimum Gasteiger partial charge on any atom is -0.317 e. The van der Waals surface area contributed by atoms with Crippen molar-refractivity contribution in [1.82, 2.24) is 24.1 Å². The van der Waals surface area contributed by atoms with Gasteiger partial charge in [0, 0.05) is 56.5 Å². The van der Waals surface area contributed by atoms with Crippen LogP contribution in [0.1, 0.15) is 87.7 Å². The molecule has 3 aromatic heterocycles. The Balaban J connectivity index is 1.16. The molecule has 3 heterocycles. The van der Waals surface area contributed by atoms with E-state index in [0.717, 1.165) is 28.7 Å². The van der Waals surface area contributed by atoms with E-state index in [2.05, 4.69) is 125 Å². The Bertz CT molecular complexity index is 2480. The highest BCUT2D eigenvalue weighted by atomic mass is 15.0. The SMILES string of the molecule is c1ccc(-n2ccc3cc4c(ccc5c6ccccc6n(-c6cccc(-c7nc(C8CCCCC8)nc(C8CCCCC8)n7)c6)c45)cc32)cc1. The molecule has 0 unspecified atom stereocenters. The fourth-order valence-corrected chi connectivity index (χ4v) is 8.90. The number of aromatic nitrogens is 5. The van der Waals surface area contributed by atoms with Crippen molar-refractivity contribution >= 4 is 43.5 Å². The Morgan fingerprint density at radius 3 is 1.94 bits per heavy atom. The molecule has 0 spiro atoms. The van der Waals surface area contributed by atoms with E-state index >= 15 is 0 Å². The summed E-state index contributed by atoms with van der Waals surface area (Å²) >= 11 is 0. The summed E-state index contributed by atoms with van der Waals surface area (Å²) in [7, 11) is 0. The number of nitrogens with zero attached hydrogens (tertiary/aromatic N) is 5. The third-order valence-electron chi connectivity index (χ3n) is 11.5. The number of hydrogen-bond donors (Lipinski definition) is 0. The third kappa shape index (κ3) is 5.02. The lowest BCUT2D eigenvalue weighted by Gasteiger charge is -2.24. The number of fused-ring (bicyclic) bond motifs is 6. The highest BCUT2D eigenvalue weighted by molar-refractivity contribution is 6.20. The summed E-state index contributed by atoms with van der Waals surface area (Å²) in [6.45, 7) is 0. The lowest BCUT2D eigenvalue weighted by molar-refractivity contribution is 0.409. The predicted molar refractivity (Wildman–Crippen MR) is 206 cm³/mol. The Morgan fingerprint density at radius 2 is 1.18 bits per heavy atom. The Hall–Kier alpha value is -5.29. The molecule has 2 fully saturated rings. The first-order valence-corrected chi connectivity index (χ1v) is 18.7. The maximum absolute atomic E-state index is 5.25. The van der Waals surface area contributed by atoms with Gasteiger partial charge in [-0.3, -0.25) is 0 Å². The van der Waals surface area contributed by atoms with Gasteiger partial charge < -0.3 is 9.13 Å². The molecule has 5 aromatic carbocycles. The van der Waals surface area contributed by atoms with Crippen LogP contribution in [0.2, 0.25) is 0 Å². The van der Waals surface area contributed by atoms with Crippen molar-refractivity contribution in [3.05, 3.63) is 127 Å². The van der Waals surface area contributed by atoms with E-state index in [1.165, 1.54) is 113 Å². The normalized spacial score (nSPS) is 16.2. The number of para-hydroxylation sites is 2. The van der Waals surface area contributed by atoms with Gasteiger partial charge >= 0.3 is 0 Å². The van der Waals surface area contributed by atoms with Gasteiger partial charge in [-0.25, -0.2) is 15.0 Å².